The fourth-order valence-corrected chi connectivity index (χ4v) is 2.67. The Kier molecular flexibility index (Phi) is 6.53. The number of hydrogen-bond donors (Lipinski definition) is 3. The van der Waals surface area contributed by atoms with E-state index < -0.39 is 33.8 Å². The van der Waals surface area contributed by atoms with Crippen molar-refractivity contribution >= 4 is 17.8 Å². The average Bonchev–Trinajstić information content (AvgIpc) is 2.75. The van der Waals surface area contributed by atoms with Gasteiger partial charge in [0.15, 0.2) is 5.75 Å². The molecule has 0 fully saturated rings. The van der Waals surface area contributed by atoms with E-state index in [2.05, 4.69) is 20.5 Å². The van der Waals surface area contributed by atoms with Gasteiger partial charge < -0.3 is 14.8 Å². The SMILES string of the molecule is CCOc1cc(/C=N/NC(=O)c2cc(-c3ccc(F)cc3)nc(=O)[nH]2)cc([N+](=O)[O-])c1O. The summed E-state index contributed by atoms with van der Waals surface area (Å²) in [5.74, 6) is -1.99. The van der Waals surface area contributed by atoms with Crippen molar-refractivity contribution in [3.63, 3.8) is 0 Å². The molecule has 3 N–H and O–H groups in total. The van der Waals surface area contributed by atoms with Crippen molar-refractivity contribution in [2.45, 2.75) is 6.92 Å². The molecule has 1 aromatic heterocycles. The lowest BCUT2D eigenvalue weighted by Crippen LogP contribution is -2.24. The van der Waals surface area contributed by atoms with Crippen LogP contribution in [-0.2, 0) is 0 Å². The summed E-state index contributed by atoms with van der Waals surface area (Å²) >= 11 is 0. The van der Waals surface area contributed by atoms with E-state index in [1.54, 1.807) is 6.92 Å². The summed E-state index contributed by atoms with van der Waals surface area (Å²) in [7, 11) is 0. The number of carbonyl (C=O) groups excluding carboxylic acids is 1. The first-order valence-electron chi connectivity index (χ1n) is 9.13. The standard InChI is InChI=1S/C20H16FN5O6/c1-2-32-17-8-11(7-16(18(17)27)26(30)31)10-22-25-19(28)15-9-14(23-20(29)24-15)12-3-5-13(21)6-4-12/h3-10,27H,2H2,1H3,(H,25,28)(H,23,24,29)/b22-10+. The van der Waals surface area contributed by atoms with Crippen molar-refractivity contribution in [2.24, 2.45) is 5.10 Å². The van der Waals surface area contributed by atoms with Crippen molar-refractivity contribution in [1.82, 2.24) is 15.4 Å². The molecule has 12 heteroatoms. The number of phenols is 1. The van der Waals surface area contributed by atoms with Gasteiger partial charge in [-0.25, -0.2) is 14.6 Å². The number of nitrogens with one attached hydrogen (secondary N) is 2. The largest absolute Gasteiger partial charge is 0.500 e. The number of nitrogens with zero attached hydrogens (tertiary/aromatic N) is 3. The number of ether oxygens (including phenoxy) is 1. The summed E-state index contributed by atoms with van der Waals surface area (Å²) in [5, 5.41) is 24.7. The normalized spacial score (nSPS) is 10.8. The number of hydrazone groups is 1. The van der Waals surface area contributed by atoms with Gasteiger partial charge in [0.2, 0.25) is 5.75 Å². The number of H-pyrrole nitrogens is 1. The average molecular weight is 441 g/mol. The van der Waals surface area contributed by atoms with Gasteiger partial charge in [-0.3, -0.25) is 14.9 Å². The number of aromatic amines is 1. The van der Waals surface area contributed by atoms with Crippen molar-refractivity contribution < 1.29 is 24.0 Å². The molecule has 164 valence electrons. The van der Waals surface area contributed by atoms with Crippen molar-refractivity contribution in [2.75, 3.05) is 6.61 Å². The fraction of sp³-hybridized carbons (Fsp3) is 0.100. The van der Waals surface area contributed by atoms with E-state index >= 15 is 0 Å². The Balaban J connectivity index is 1.82. The molecule has 3 aromatic rings. The molecule has 3 rings (SSSR count). The number of benzene rings is 2. The first-order chi connectivity index (χ1) is 15.3. The Morgan fingerprint density at radius 3 is 2.72 bits per heavy atom. The Bertz CT molecular complexity index is 1260. The number of amides is 1. The summed E-state index contributed by atoms with van der Waals surface area (Å²) in [4.78, 5) is 40.5. The van der Waals surface area contributed by atoms with Crippen LogP contribution in [0.3, 0.4) is 0 Å². The van der Waals surface area contributed by atoms with Crippen molar-refractivity contribution in [3.05, 3.63) is 80.1 Å². The zero-order valence-electron chi connectivity index (χ0n) is 16.5. The molecule has 0 aliphatic carbocycles. The predicted octanol–water partition coefficient (Wildman–Crippen LogP) is 2.35. The summed E-state index contributed by atoms with van der Waals surface area (Å²) < 4.78 is 18.3. The number of rotatable bonds is 7. The van der Waals surface area contributed by atoms with E-state index in [4.69, 9.17) is 4.74 Å². The highest BCUT2D eigenvalue weighted by Crippen LogP contribution is 2.36. The van der Waals surface area contributed by atoms with E-state index in [1.807, 2.05) is 0 Å². The molecule has 0 unspecified atom stereocenters. The lowest BCUT2D eigenvalue weighted by atomic mass is 10.1. The molecule has 0 bridgehead atoms. The summed E-state index contributed by atoms with van der Waals surface area (Å²) in [6.07, 6.45) is 1.10. The van der Waals surface area contributed by atoms with Gasteiger partial charge in [-0.05, 0) is 43.3 Å². The molecule has 2 aromatic carbocycles. The minimum absolute atomic E-state index is 0.114. The fourth-order valence-electron chi connectivity index (χ4n) is 2.67. The van der Waals surface area contributed by atoms with Crippen LogP contribution in [0.5, 0.6) is 11.5 Å². The Morgan fingerprint density at radius 1 is 1.34 bits per heavy atom. The molecule has 32 heavy (non-hydrogen) atoms. The van der Waals surface area contributed by atoms with Crippen LogP contribution in [0.1, 0.15) is 23.0 Å². The van der Waals surface area contributed by atoms with Crippen LogP contribution in [0, 0.1) is 15.9 Å². The highest BCUT2D eigenvalue weighted by atomic mass is 19.1. The van der Waals surface area contributed by atoms with E-state index in [0.29, 0.717) is 5.56 Å². The van der Waals surface area contributed by atoms with Gasteiger partial charge in [0, 0.05) is 17.2 Å². The molecule has 11 nitrogen and oxygen atoms in total. The third kappa shape index (κ3) is 5.11. The van der Waals surface area contributed by atoms with Gasteiger partial charge in [-0.15, -0.1) is 0 Å². The number of nitro benzene ring substituents is 1. The first-order valence-corrected chi connectivity index (χ1v) is 9.13. The van der Waals surface area contributed by atoms with Crippen LogP contribution in [0.4, 0.5) is 10.1 Å². The first kappa shape index (κ1) is 22.1. The quantitative estimate of drug-likeness (QED) is 0.288. The number of halogens is 1. The van der Waals surface area contributed by atoms with E-state index in [0.717, 1.165) is 12.3 Å². The second kappa shape index (κ2) is 9.47. The van der Waals surface area contributed by atoms with Crippen LogP contribution in [0.25, 0.3) is 11.3 Å². The predicted molar refractivity (Wildman–Crippen MR) is 111 cm³/mol. The maximum absolute atomic E-state index is 13.1. The van der Waals surface area contributed by atoms with E-state index in [1.165, 1.54) is 36.4 Å². The second-order valence-corrected chi connectivity index (χ2v) is 6.27. The maximum atomic E-state index is 13.1. The van der Waals surface area contributed by atoms with Crippen LogP contribution in [-0.4, -0.2) is 38.7 Å². The summed E-state index contributed by atoms with van der Waals surface area (Å²) in [6, 6.07) is 8.84. The number of phenolic OH excluding ortho intramolecular Hbond substituents is 1. The Hall–Kier alpha value is -4.61. The third-order valence-electron chi connectivity index (χ3n) is 4.08. The maximum Gasteiger partial charge on any atom is 0.346 e. The van der Waals surface area contributed by atoms with Gasteiger partial charge in [0.1, 0.15) is 11.5 Å². The lowest BCUT2D eigenvalue weighted by Gasteiger charge is -2.07. The lowest BCUT2D eigenvalue weighted by molar-refractivity contribution is -0.386. The molecule has 0 aliphatic rings. The van der Waals surface area contributed by atoms with Crippen molar-refractivity contribution in [3.8, 4) is 22.8 Å². The number of carbonyl (C=O) groups is 1. The molecule has 0 saturated carbocycles. The molecular weight excluding hydrogens is 425 g/mol. The van der Waals surface area contributed by atoms with Crippen molar-refractivity contribution in [1.29, 1.82) is 0 Å². The highest BCUT2D eigenvalue weighted by molar-refractivity contribution is 5.94. The molecule has 0 aliphatic heterocycles. The van der Waals surface area contributed by atoms with E-state index in [-0.39, 0.29) is 29.3 Å². The van der Waals surface area contributed by atoms with E-state index in [9.17, 15) is 29.2 Å². The smallest absolute Gasteiger partial charge is 0.346 e. The Morgan fingerprint density at radius 2 is 2.06 bits per heavy atom. The molecule has 1 heterocycles. The van der Waals surface area contributed by atoms with Crippen LogP contribution >= 0.6 is 0 Å². The molecule has 1 amide bonds. The van der Waals surface area contributed by atoms with Crippen LogP contribution in [0.15, 0.2) is 52.4 Å². The van der Waals surface area contributed by atoms with Crippen LogP contribution in [0.2, 0.25) is 0 Å². The van der Waals surface area contributed by atoms with Gasteiger partial charge >= 0.3 is 11.4 Å². The zero-order chi connectivity index (χ0) is 23.3. The number of aromatic nitrogens is 2. The minimum atomic E-state index is -0.795. The monoisotopic (exact) mass is 441 g/mol. The highest BCUT2D eigenvalue weighted by Gasteiger charge is 2.19. The Labute approximate surface area is 179 Å². The zero-order valence-corrected chi connectivity index (χ0v) is 16.5. The molecule has 0 saturated heterocycles. The minimum Gasteiger partial charge on any atom is -0.500 e. The van der Waals surface area contributed by atoms with Gasteiger partial charge in [0.25, 0.3) is 5.91 Å². The molecule has 0 radical (unpaired) electrons. The molecular formula is C20H16FN5O6. The van der Waals surface area contributed by atoms with Crippen LogP contribution < -0.4 is 15.9 Å². The second-order valence-electron chi connectivity index (χ2n) is 6.27. The van der Waals surface area contributed by atoms with Gasteiger partial charge in [0.05, 0.1) is 23.4 Å². The third-order valence-corrected chi connectivity index (χ3v) is 4.08. The summed E-state index contributed by atoms with van der Waals surface area (Å²) in [5.41, 5.74) is 1.38. The number of nitro groups is 1. The molecule has 0 spiro atoms. The van der Waals surface area contributed by atoms with Gasteiger partial charge in [-0.2, -0.15) is 10.1 Å². The number of hydrogen-bond acceptors (Lipinski definition) is 8. The topological polar surface area (TPSA) is 160 Å². The summed E-state index contributed by atoms with van der Waals surface area (Å²) in [6.45, 7) is 1.80. The molecule has 0 atom stereocenters. The van der Waals surface area contributed by atoms with Gasteiger partial charge in [-0.1, -0.05) is 0 Å². The number of aromatic hydroxyl groups is 1.